The molecule has 2 aliphatic rings. The van der Waals surface area contributed by atoms with Gasteiger partial charge in [-0.2, -0.15) is 0 Å². The fourth-order valence-electron chi connectivity index (χ4n) is 3.99. The molecule has 0 saturated heterocycles. The summed E-state index contributed by atoms with van der Waals surface area (Å²) < 4.78 is 20.0. The minimum absolute atomic E-state index is 0.0576. The van der Waals surface area contributed by atoms with E-state index in [-0.39, 0.29) is 17.7 Å². The Labute approximate surface area is 169 Å². The first-order valence-corrected chi connectivity index (χ1v) is 9.68. The second kappa shape index (κ2) is 7.06. The van der Waals surface area contributed by atoms with Gasteiger partial charge in [0.25, 0.3) is 0 Å². The standard InChI is InChI=1S/C22H24FN3O3/c1-22(2)12-17(15-5-4-6-16(23)20(15)29-22)25-21(28)24-14-9-7-13-8-10-19(27)26(3)18(13)11-14/h4-7,9,11,17H,8,10,12H2,1-3H3,(H2,24,25,28)/t17-/m1/s1. The molecule has 0 radical (unpaired) electrons. The van der Waals surface area contributed by atoms with Gasteiger partial charge in [-0.15, -0.1) is 0 Å². The Hall–Kier alpha value is -3.09. The van der Waals surface area contributed by atoms with Crippen molar-refractivity contribution in [1.29, 1.82) is 0 Å². The largest absolute Gasteiger partial charge is 0.484 e. The third kappa shape index (κ3) is 3.77. The molecule has 2 aromatic rings. The van der Waals surface area contributed by atoms with Crippen LogP contribution in [0.1, 0.15) is 43.9 Å². The van der Waals surface area contributed by atoms with E-state index in [1.165, 1.54) is 6.07 Å². The molecule has 2 N–H and O–H groups in total. The number of anilines is 2. The zero-order chi connectivity index (χ0) is 20.8. The molecule has 6 nitrogen and oxygen atoms in total. The molecule has 0 spiro atoms. The molecule has 4 rings (SSSR count). The van der Waals surface area contributed by atoms with Crippen LogP contribution in [0.2, 0.25) is 0 Å². The Morgan fingerprint density at radius 3 is 2.83 bits per heavy atom. The lowest BCUT2D eigenvalue weighted by Gasteiger charge is -2.38. The maximum Gasteiger partial charge on any atom is 0.319 e. The Balaban J connectivity index is 1.52. The van der Waals surface area contributed by atoms with Crippen molar-refractivity contribution in [3.05, 3.63) is 53.3 Å². The topological polar surface area (TPSA) is 70.7 Å². The fraction of sp³-hybridized carbons (Fsp3) is 0.364. The quantitative estimate of drug-likeness (QED) is 0.799. The van der Waals surface area contributed by atoms with Crippen LogP contribution in [0.3, 0.4) is 0 Å². The average Bonchev–Trinajstić information content (AvgIpc) is 2.65. The van der Waals surface area contributed by atoms with Gasteiger partial charge in [-0.25, -0.2) is 9.18 Å². The number of hydrogen-bond acceptors (Lipinski definition) is 3. The van der Waals surface area contributed by atoms with Crippen LogP contribution in [0, 0.1) is 5.82 Å². The number of para-hydroxylation sites is 1. The van der Waals surface area contributed by atoms with E-state index in [9.17, 15) is 14.0 Å². The monoisotopic (exact) mass is 397 g/mol. The number of nitrogens with one attached hydrogen (secondary N) is 2. The fourth-order valence-corrected chi connectivity index (χ4v) is 3.99. The summed E-state index contributed by atoms with van der Waals surface area (Å²) in [6.07, 6.45) is 1.70. The molecule has 3 amide bonds. The highest BCUT2D eigenvalue weighted by Crippen LogP contribution is 2.41. The van der Waals surface area contributed by atoms with Gasteiger partial charge in [0.05, 0.1) is 6.04 Å². The van der Waals surface area contributed by atoms with E-state index >= 15 is 0 Å². The number of hydrogen-bond donors (Lipinski definition) is 2. The van der Waals surface area contributed by atoms with Gasteiger partial charge in [0, 0.05) is 36.8 Å². The molecule has 0 unspecified atom stereocenters. The van der Waals surface area contributed by atoms with Gasteiger partial charge in [0.15, 0.2) is 11.6 Å². The van der Waals surface area contributed by atoms with Gasteiger partial charge >= 0.3 is 6.03 Å². The number of aryl methyl sites for hydroxylation is 1. The predicted octanol–water partition coefficient (Wildman–Crippen LogP) is 4.16. The van der Waals surface area contributed by atoms with Crippen LogP contribution in [-0.4, -0.2) is 24.6 Å². The first-order chi connectivity index (χ1) is 13.7. The van der Waals surface area contributed by atoms with Crippen molar-refractivity contribution in [2.24, 2.45) is 0 Å². The van der Waals surface area contributed by atoms with E-state index in [0.717, 1.165) is 11.3 Å². The smallest absolute Gasteiger partial charge is 0.319 e. The molecule has 0 fully saturated rings. The van der Waals surface area contributed by atoms with Crippen LogP contribution in [0.25, 0.3) is 0 Å². The average molecular weight is 397 g/mol. The van der Waals surface area contributed by atoms with Crippen molar-refractivity contribution in [2.75, 3.05) is 17.3 Å². The van der Waals surface area contributed by atoms with Crippen LogP contribution in [0.15, 0.2) is 36.4 Å². The molecule has 2 aliphatic heterocycles. The van der Waals surface area contributed by atoms with E-state index < -0.39 is 17.4 Å². The van der Waals surface area contributed by atoms with Crippen molar-refractivity contribution in [2.45, 2.75) is 44.8 Å². The van der Waals surface area contributed by atoms with Gasteiger partial charge in [0.1, 0.15) is 5.60 Å². The number of carbonyl (C=O) groups is 2. The minimum atomic E-state index is -0.609. The number of fused-ring (bicyclic) bond motifs is 2. The minimum Gasteiger partial charge on any atom is -0.484 e. The number of rotatable bonds is 2. The number of benzene rings is 2. The Morgan fingerprint density at radius 2 is 2.03 bits per heavy atom. The second-order valence-corrected chi connectivity index (χ2v) is 8.17. The van der Waals surface area contributed by atoms with Crippen LogP contribution < -0.4 is 20.3 Å². The van der Waals surface area contributed by atoms with Crippen molar-refractivity contribution in [1.82, 2.24) is 5.32 Å². The van der Waals surface area contributed by atoms with Crippen molar-refractivity contribution < 1.29 is 18.7 Å². The highest BCUT2D eigenvalue weighted by molar-refractivity contribution is 5.97. The van der Waals surface area contributed by atoms with Crippen molar-refractivity contribution in [3.63, 3.8) is 0 Å². The number of amides is 3. The van der Waals surface area contributed by atoms with Crippen LogP contribution in [-0.2, 0) is 11.2 Å². The summed E-state index contributed by atoms with van der Waals surface area (Å²) in [7, 11) is 1.74. The molecule has 2 heterocycles. The third-order valence-corrected chi connectivity index (χ3v) is 5.44. The normalized spacial score (nSPS) is 19.7. The zero-order valence-electron chi connectivity index (χ0n) is 16.7. The number of urea groups is 1. The Kier molecular flexibility index (Phi) is 4.68. The van der Waals surface area contributed by atoms with Crippen molar-refractivity contribution in [3.8, 4) is 5.75 Å². The zero-order valence-corrected chi connectivity index (χ0v) is 16.7. The van der Waals surface area contributed by atoms with E-state index in [4.69, 9.17) is 4.74 Å². The Morgan fingerprint density at radius 1 is 1.24 bits per heavy atom. The molecule has 0 aliphatic carbocycles. The molecule has 7 heteroatoms. The summed E-state index contributed by atoms with van der Waals surface area (Å²) in [6, 6.07) is 9.49. The predicted molar refractivity (Wildman–Crippen MR) is 109 cm³/mol. The SMILES string of the molecule is CN1C(=O)CCc2ccc(NC(=O)N[C@@H]3CC(C)(C)Oc4c(F)cccc43)cc21. The van der Waals surface area contributed by atoms with E-state index in [0.29, 0.717) is 30.5 Å². The first-order valence-electron chi connectivity index (χ1n) is 9.68. The van der Waals surface area contributed by atoms with Crippen LogP contribution >= 0.6 is 0 Å². The van der Waals surface area contributed by atoms with Gasteiger partial charge in [-0.3, -0.25) is 4.79 Å². The van der Waals surface area contributed by atoms with Gasteiger partial charge in [0.2, 0.25) is 5.91 Å². The lowest BCUT2D eigenvalue weighted by Crippen LogP contribution is -2.42. The van der Waals surface area contributed by atoms with Gasteiger partial charge in [-0.1, -0.05) is 18.2 Å². The van der Waals surface area contributed by atoms with Gasteiger partial charge < -0.3 is 20.3 Å². The third-order valence-electron chi connectivity index (χ3n) is 5.44. The molecule has 2 aromatic carbocycles. The maximum absolute atomic E-state index is 14.2. The molecule has 29 heavy (non-hydrogen) atoms. The molecule has 0 aromatic heterocycles. The summed E-state index contributed by atoms with van der Waals surface area (Å²) in [5, 5.41) is 5.75. The summed E-state index contributed by atoms with van der Waals surface area (Å²) >= 11 is 0. The number of carbonyl (C=O) groups excluding carboxylic acids is 2. The van der Waals surface area contributed by atoms with Crippen LogP contribution in [0.5, 0.6) is 5.75 Å². The second-order valence-electron chi connectivity index (χ2n) is 8.17. The highest BCUT2D eigenvalue weighted by atomic mass is 19.1. The molecule has 0 saturated carbocycles. The van der Waals surface area contributed by atoms with Crippen molar-refractivity contribution >= 4 is 23.3 Å². The number of ether oxygens (including phenoxy) is 1. The summed E-state index contributed by atoms with van der Waals surface area (Å²) in [6.45, 7) is 3.73. The summed E-state index contributed by atoms with van der Waals surface area (Å²) in [4.78, 5) is 26.2. The molecular formula is C22H24FN3O3. The lowest BCUT2D eigenvalue weighted by molar-refractivity contribution is -0.118. The van der Waals surface area contributed by atoms with Gasteiger partial charge in [-0.05, 0) is 44.0 Å². The molecule has 0 bridgehead atoms. The molecular weight excluding hydrogens is 373 g/mol. The number of nitrogens with zero attached hydrogens (tertiary/aromatic N) is 1. The summed E-state index contributed by atoms with van der Waals surface area (Å²) in [5.41, 5.74) is 2.48. The Bertz CT molecular complexity index is 989. The van der Waals surface area contributed by atoms with Crippen LogP contribution in [0.4, 0.5) is 20.6 Å². The lowest BCUT2D eigenvalue weighted by atomic mass is 9.89. The van der Waals surface area contributed by atoms with E-state index in [1.54, 1.807) is 30.1 Å². The maximum atomic E-state index is 14.2. The molecule has 1 atom stereocenters. The number of halogens is 1. The van der Waals surface area contributed by atoms with E-state index in [1.807, 2.05) is 26.0 Å². The first kappa shape index (κ1) is 19.2. The highest BCUT2D eigenvalue weighted by Gasteiger charge is 2.36. The molecule has 152 valence electrons. The van der Waals surface area contributed by atoms with E-state index in [2.05, 4.69) is 10.6 Å². The summed E-state index contributed by atoms with van der Waals surface area (Å²) in [5.74, 6) is -0.199.